The van der Waals surface area contributed by atoms with Crippen molar-refractivity contribution >= 4 is 0 Å². The molecule has 2 aromatic carbocycles. The molecule has 2 atom stereocenters. The van der Waals surface area contributed by atoms with Crippen molar-refractivity contribution in [2.75, 3.05) is 6.54 Å². The molecule has 0 unspecified atom stereocenters. The second kappa shape index (κ2) is 7.81. The van der Waals surface area contributed by atoms with Crippen LogP contribution in [0.1, 0.15) is 35.3 Å². The van der Waals surface area contributed by atoms with Gasteiger partial charge in [0.1, 0.15) is 0 Å². The minimum absolute atomic E-state index is 0.105. The Balaban J connectivity index is 1.90. The van der Waals surface area contributed by atoms with Gasteiger partial charge in [-0.1, -0.05) is 42.0 Å². The smallest absolute Gasteiger partial charge is 0.387 e. The SMILES string of the molecule is Cc1ccc(C[C@@H](C)NC[C@H](O)c2cccc(C(F)(F)F)c2)cc1. The van der Waals surface area contributed by atoms with Crippen molar-refractivity contribution in [1.82, 2.24) is 5.32 Å². The zero-order valence-electron chi connectivity index (χ0n) is 13.8. The summed E-state index contributed by atoms with van der Waals surface area (Å²) in [6.45, 7) is 4.21. The van der Waals surface area contributed by atoms with Crippen LogP contribution in [0.5, 0.6) is 0 Å². The first kappa shape index (κ1) is 18.5. The van der Waals surface area contributed by atoms with Crippen LogP contribution in [0, 0.1) is 6.92 Å². The maximum atomic E-state index is 12.7. The Morgan fingerprint density at radius 2 is 1.75 bits per heavy atom. The van der Waals surface area contributed by atoms with Crippen LogP contribution in [0.4, 0.5) is 13.2 Å². The summed E-state index contributed by atoms with van der Waals surface area (Å²) in [6.07, 6.45) is -4.59. The molecular weight excluding hydrogens is 315 g/mol. The number of aliphatic hydroxyl groups excluding tert-OH is 1. The first-order valence-electron chi connectivity index (χ1n) is 7.90. The third kappa shape index (κ3) is 5.35. The van der Waals surface area contributed by atoms with E-state index >= 15 is 0 Å². The highest BCUT2D eigenvalue weighted by Gasteiger charge is 2.30. The van der Waals surface area contributed by atoms with Gasteiger partial charge in [0, 0.05) is 12.6 Å². The van der Waals surface area contributed by atoms with E-state index in [1.807, 2.05) is 26.0 Å². The van der Waals surface area contributed by atoms with Crippen molar-refractivity contribution in [3.63, 3.8) is 0 Å². The van der Waals surface area contributed by atoms with Crippen LogP contribution in [0.15, 0.2) is 48.5 Å². The average Bonchev–Trinajstić information content (AvgIpc) is 2.54. The standard InChI is InChI=1S/C19H22F3NO/c1-13-6-8-15(9-7-13)10-14(2)23-12-18(24)16-4-3-5-17(11-16)19(20,21)22/h3-9,11,14,18,23-24H,10,12H2,1-2H3/t14-,18+/m1/s1. The van der Waals surface area contributed by atoms with Crippen LogP contribution in [-0.2, 0) is 12.6 Å². The monoisotopic (exact) mass is 337 g/mol. The highest BCUT2D eigenvalue weighted by molar-refractivity contribution is 5.27. The van der Waals surface area contributed by atoms with Gasteiger partial charge < -0.3 is 10.4 Å². The summed E-state index contributed by atoms with van der Waals surface area (Å²) in [4.78, 5) is 0. The first-order chi connectivity index (χ1) is 11.3. The highest BCUT2D eigenvalue weighted by Crippen LogP contribution is 2.30. The van der Waals surface area contributed by atoms with Crippen molar-refractivity contribution in [2.45, 2.75) is 38.6 Å². The van der Waals surface area contributed by atoms with Gasteiger partial charge in [0.25, 0.3) is 0 Å². The lowest BCUT2D eigenvalue weighted by Gasteiger charge is -2.18. The fourth-order valence-electron chi connectivity index (χ4n) is 2.50. The van der Waals surface area contributed by atoms with Gasteiger partial charge >= 0.3 is 6.18 Å². The molecule has 0 fully saturated rings. The number of aliphatic hydroxyl groups is 1. The minimum atomic E-state index is -4.40. The van der Waals surface area contributed by atoms with Gasteiger partial charge in [0.15, 0.2) is 0 Å². The second-order valence-electron chi connectivity index (χ2n) is 6.14. The molecular formula is C19H22F3NO. The molecule has 5 heteroatoms. The normalized spacial score (nSPS) is 14.4. The topological polar surface area (TPSA) is 32.3 Å². The molecule has 0 aliphatic heterocycles. The number of aryl methyl sites for hydroxylation is 1. The van der Waals surface area contributed by atoms with E-state index in [2.05, 4.69) is 17.4 Å². The Morgan fingerprint density at radius 1 is 1.08 bits per heavy atom. The van der Waals surface area contributed by atoms with Crippen molar-refractivity contribution in [3.8, 4) is 0 Å². The van der Waals surface area contributed by atoms with Gasteiger partial charge in [-0.05, 0) is 43.5 Å². The van der Waals surface area contributed by atoms with Crippen LogP contribution in [-0.4, -0.2) is 17.7 Å². The Hall–Kier alpha value is -1.85. The summed E-state index contributed by atoms with van der Waals surface area (Å²) in [6, 6.07) is 13.1. The number of hydrogen-bond acceptors (Lipinski definition) is 2. The fraction of sp³-hybridized carbons (Fsp3) is 0.368. The molecule has 130 valence electrons. The molecule has 0 radical (unpaired) electrons. The van der Waals surface area contributed by atoms with Crippen molar-refractivity contribution in [2.24, 2.45) is 0 Å². The molecule has 0 saturated heterocycles. The van der Waals surface area contributed by atoms with E-state index in [1.54, 1.807) is 0 Å². The van der Waals surface area contributed by atoms with E-state index in [-0.39, 0.29) is 18.2 Å². The lowest BCUT2D eigenvalue weighted by Crippen LogP contribution is -2.32. The van der Waals surface area contributed by atoms with E-state index in [4.69, 9.17) is 0 Å². The predicted molar refractivity (Wildman–Crippen MR) is 88.8 cm³/mol. The summed E-state index contributed by atoms with van der Waals surface area (Å²) in [5.74, 6) is 0. The van der Waals surface area contributed by atoms with E-state index < -0.39 is 17.8 Å². The lowest BCUT2D eigenvalue weighted by atomic mass is 10.0. The third-order valence-electron chi connectivity index (χ3n) is 3.92. The predicted octanol–water partition coefficient (Wildman–Crippen LogP) is 4.27. The largest absolute Gasteiger partial charge is 0.416 e. The number of rotatable bonds is 6. The Bertz CT molecular complexity index is 652. The van der Waals surface area contributed by atoms with Gasteiger partial charge in [-0.15, -0.1) is 0 Å². The minimum Gasteiger partial charge on any atom is -0.387 e. The van der Waals surface area contributed by atoms with Gasteiger partial charge in [0.05, 0.1) is 11.7 Å². The Labute approximate surface area is 140 Å². The summed E-state index contributed by atoms with van der Waals surface area (Å²) in [5, 5.41) is 13.3. The molecule has 2 N–H and O–H groups in total. The summed E-state index contributed by atoms with van der Waals surface area (Å²) >= 11 is 0. The van der Waals surface area contributed by atoms with Gasteiger partial charge in [0.2, 0.25) is 0 Å². The van der Waals surface area contributed by atoms with E-state index in [9.17, 15) is 18.3 Å². The number of hydrogen-bond donors (Lipinski definition) is 2. The van der Waals surface area contributed by atoms with E-state index in [1.165, 1.54) is 23.3 Å². The van der Waals surface area contributed by atoms with Crippen LogP contribution in [0.25, 0.3) is 0 Å². The molecule has 0 aromatic heterocycles. The number of nitrogens with one attached hydrogen (secondary N) is 1. The summed E-state index contributed by atoms with van der Waals surface area (Å²) in [7, 11) is 0. The zero-order chi connectivity index (χ0) is 17.7. The summed E-state index contributed by atoms with van der Waals surface area (Å²) < 4.78 is 38.2. The van der Waals surface area contributed by atoms with Crippen molar-refractivity contribution in [1.29, 1.82) is 0 Å². The molecule has 0 heterocycles. The van der Waals surface area contributed by atoms with Crippen LogP contribution >= 0.6 is 0 Å². The summed E-state index contributed by atoms with van der Waals surface area (Å²) in [5.41, 5.74) is 1.89. The van der Waals surface area contributed by atoms with Gasteiger partial charge in [-0.25, -0.2) is 0 Å². The molecule has 0 amide bonds. The zero-order valence-corrected chi connectivity index (χ0v) is 13.8. The fourth-order valence-corrected chi connectivity index (χ4v) is 2.50. The van der Waals surface area contributed by atoms with Gasteiger partial charge in [-0.2, -0.15) is 13.2 Å². The maximum absolute atomic E-state index is 12.7. The number of halogens is 3. The lowest BCUT2D eigenvalue weighted by molar-refractivity contribution is -0.137. The molecule has 0 saturated carbocycles. The van der Waals surface area contributed by atoms with E-state index in [0.29, 0.717) is 0 Å². The Morgan fingerprint density at radius 3 is 2.38 bits per heavy atom. The Kier molecular flexibility index (Phi) is 6.02. The molecule has 0 spiro atoms. The molecule has 0 aliphatic carbocycles. The van der Waals surface area contributed by atoms with Gasteiger partial charge in [-0.3, -0.25) is 0 Å². The third-order valence-corrected chi connectivity index (χ3v) is 3.92. The molecule has 2 rings (SSSR count). The molecule has 24 heavy (non-hydrogen) atoms. The number of benzene rings is 2. The highest BCUT2D eigenvalue weighted by atomic mass is 19.4. The molecule has 0 bridgehead atoms. The van der Waals surface area contributed by atoms with E-state index in [0.717, 1.165) is 18.6 Å². The first-order valence-corrected chi connectivity index (χ1v) is 7.90. The van der Waals surface area contributed by atoms with Crippen molar-refractivity contribution < 1.29 is 18.3 Å². The molecule has 2 aromatic rings. The van der Waals surface area contributed by atoms with Crippen LogP contribution in [0.3, 0.4) is 0 Å². The second-order valence-corrected chi connectivity index (χ2v) is 6.14. The van der Waals surface area contributed by atoms with Crippen LogP contribution < -0.4 is 5.32 Å². The maximum Gasteiger partial charge on any atom is 0.416 e. The average molecular weight is 337 g/mol. The molecule has 0 aliphatic rings. The van der Waals surface area contributed by atoms with Crippen LogP contribution in [0.2, 0.25) is 0 Å². The quantitative estimate of drug-likeness (QED) is 0.825. The van der Waals surface area contributed by atoms with Crippen molar-refractivity contribution in [3.05, 3.63) is 70.8 Å². The molecule has 2 nitrogen and oxygen atoms in total. The number of alkyl halides is 3.